The Morgan fingerprint density at radius 2 is 1.84 bits per heavy atom. The van der Waals surface area contributed by atoms with Crippen molar-refractivity contribution in [2.24, 2.45) is 0 Å². The highest BCUT2D eigenvalue weighted by atomic mass is 35.5. The second-order valence-electron chi connectivity index (χ2n) is 8.19. The molecule has 0 spiro atoms. The Morgan fingerprint density at radius 1 is 1.06 bits per heavy atom. The number of nitrogens with zero attached hydrogens (tertiary/aromatic N) is 3. The molecule has 1 aromatic carbocycles. The smallest absolute Gasteiger partial charge is 0.213 e. The first-order valence-electron chi connectivity index (χ1n) is 10.2. The summed E-state index contributed by atoms with van der Waals surface area (Å²) in [5, 5.41) is 5.40. The molecule has 4 aromatic rings. The molecule has 1 N–H and O–H groups in total. The van der Waals surface area contributed by atoms with E-state index in [0.717, 1.165) is 27.5 Å². The maximum absolute atomic E-state index is 6.44. The van der Waals surface area contributed by atoms with Crippen LogP contribution in [-0.4, -0.2) is 21.2 Å². The molecule has 0 aliphatic rings. The molecule has 0 saturated heterocycles. The number of ether oxygens (including phenoxy) is 1. The zero-order valence-corrected chi connectivity index (χ0v) is 19.6. The fourth-order valence-electron chi connectivity index (χ4n) is 3.16. The van der Waals surface area contributed by atoms with Crippen LogP contribution in [0, 0.1) is 0 Å². The lowest BCUT2D eigenvalue weighted by atomic mass is 9.87. The first-order chi connectivity index (χ1) is 14.8. The van der Waals surface area contributed by atoms with E-state index in [-0.39, 0.29) is 5.41 Å². The van der Waals surface area contributed by atoms with Gasteiger partial charge in [-0.15, -0.1) is 0 Å². The second kappa shape index (κ2) is 8.81. The molecular formula is C24H25ClN4OS. The summed E-state index contributed by atoms with van der Waals surface area (Å²) in [5.74, 6) is 1.44. The SMILES string of the molecule is CCOc1ccc(-c2cc3c(Cl)ccc(NSc4ccc(C(C)(C)C)cc4)n3n2)cn1. The van der Waals surface area contributed by atoms with Crippen LogP contribution in [0.4, 0.5) is 5.82 Å². The number of hydrogen-bond donors (Lipinski definition) is 1. The first kappa shape index (κ1) is 21.5. The molecule has 0 saturated carbocycles. The average molecular weight is 453 g/mol. The molecule has 0 radical (unpaired) electrons. The van der Waals surface area contributed by atoms with Crippen molar-refractivity contribution in [2.75, 3.05) is 11.3 Å². The molecule has 0 aliphatic heterocycles. The minimum atomic E-state index is 0.139. The van der Waals surface area contributed by atoms with E-state index in [2.05, 4.69) is 54.7 Å². The molecule has 5 nitrogen and oxygen atoms in total. The van der Waals surface area contributed by atoms with Crippen LogP contribution in [0.2, 0.25) is 5.02 Å². The van der Waals surface area contributed by atoms with Gasteiger partial charge in [-0.3, -0.25) is 0 Å². The molecule has 160 valence electrons. The summed E-state index contributed by atoms with van der Waals surface area (Å²) in [6.45, 7) is 9.17. The van der Waals surface area contributed by atoms with Crippen molar-refractivity contribution in [3.63, 3.8) is 0 Å². The maximum atomic E-state index is 6.44. The van der Waals surface area contributed by atoms with E-state index in [1.807, 2.05) is 41.8 Å². The van der Waals surface area contributed by atoms with Crippen molar-refractivity contribution < 1.29 is 4.74 Å². The number of aromatic nitrogens is 3. The quantitative estimate of drug-likeness (QED) is 0.323. The van der Waals surface area contributed by atoms with Gasteiger partial charge in [0.1, 0.15) is 5.82 Å². The van der Waals surface area contributed by atoms with Gasteiger partial charge in [0.15, 0.2) is 0 Å². The van der Waals surface area contributed by atoms with E-state index in [1.54, 1.807) is 18.1 Å². The van der Waals surface area contributed by atoms with Gasteiger partial charge in [0.2, 0.25) is 5.88 Å². The van der Waals surface area contributed by atoms with E-state index < -0.39 is 0 Å². The highest BCUT2D eigenvalue weighted by Crippen LogP contribution is 2.30. The zero-order valence-electron chi connectivity index (χ0n) is 18.0. The second-order valence-corrected chi connectivity index (χ2v) is 9.48. The Labute approximate surface area is 191 Å². The molecule has 0 bridgehead atoms. The van der Waals surface area contributed by atoms with Crippen molar-refractivity contribution in [1.29, 1.82) is 0 Å². The summed E-state index contributed by atoms with van der Waals surface area (Å²) in [6, 6.07) is 18.2. The molecule has 0 amide bonds. The third kappa shape index (κ3) is 4.81. The Kier molecular flexibility index (Phi) is 6.12. The van der Waals surface area contributed by atoms with Crippen LogP contribution < -0.4 is 9.46 Å². The van der Waals surface area contributed by atoms with Gasteiger partial charge >= 0.3 is 0 Å². The molecule has 31 heavy (non-hydrogen) atoms. The lowest BCUT2D eigenvalue weighted by Crippen LogP contribution is -2.10. The van der Waals surface area contributed by atoms with Crippen LogP contribution in [0.1, 0.15) is 33.3 Å². The number of pyridine rings is 2. The number of nitrogens with one attached hydrogen (secondary N) is 1. The molecular weight excluding hydrogens is 428 g/mol. The summed E-state index contributed by atoms with van der Waals surface area (Å²) in [4.78, 5) is 5.46. The minimum Gasteiger partial charge on any atom is -0.478 e. The number of halogens is 1. The Bertz CT molecular complexity index is 1180. The van der Waals surface area contributed by atoms with Crippen LogP contribution in [0.15, 0.2) is 65.7 Å². The van der Waals surface area contributed by atoms with Crippen LogP contribution in [0.3, 0.4) is 0 Å². The molecule has 0 unspecified atom stereocenters. The van der Waals surface area contributed by atoms with Crippen molar-refractivity contribution in [2.45, 2.75) is 38.0 Å². The Balaban J connectivity index is 1.58. The van der Waals surface area contributed by atoms with Crippen LogP contribution >= 0.6 is 23.5 Å². The average Bonchev–Trinajstić information content (AvgIpc) is 3.20. The van der Waals surface area contributed by atoms with Gasteiger partial charge < -0.3 is 9.46 Å². The molecule has 0 fully saturated rings. The first-order valence-corrected chi connectivity index (χ1v) is 11.4. The highest BCUT2D eigenvalue weighted by molar-refractivity contribution is 8.00. The number of rotatable bonds is 6. The molecule has 3 aromatic heterocycles. The third-order valence-electron chi connectivity index (χ3n) is 4.89. The van der Waals surface area contributed by atoms with Crippen molar-refractivity contribution >= 4 is 34.9 Å². The van der Waals surface area contributed by atoms with Crippen molar-refractivity contribution in [3.8, 4) is 17.1 Å². The number of anilines is 1. The zero-order chi connectivity index (χ0) is 22.0. The van der Waals surface area contributed by atoms with E-state index in [1.165, 1.54) is 5.56 Å². The van der Waals surface area contributed by atoms with Gasteiger partial charge in [0.05, 0.1) is 22.8 Å². The highest BCUT2D eigenvalue weighted by Gasteiger charge is 2.14. The van der Waals surface area contributed by atoms with E-state index in [9.17, 15) is 0 Å². The fraction of sp³-hybridized carbons (Fsp3) is 0.250. The summed E-state index contributed by atoms with van der Waals surface area (Å²) in [7, 11) is 0. The summed E-state index contributed by atoms with van der Waals surface area (Å²) < 4.78 is 10.7. The monoisotopic (exact) mass is 452 g/mol. The van der Waals surface area contributed by atoms with Gasteiger partial charge in [0.25, 0.3) is 0 Å². The number of hydrogen-bond acceptors (Lipinski definition) is 5. The Hall–Kier alpha value is -2.70. The predicted octanol–water partition coefficient (Wildman–Crippen LogP) is 6.87. The summed E-state index contributed by atoms with van der Waals surface area (Å²) in [5.41, 5.74) is 3.98. The molecule has 4 rings (SSSR count). The van der Waals surface area contributed by atoms with Gasteiger partial charge in [-0.25, -0.2) is 9.50 Å². The normalized spacial score (nSPS) is 11.6. The van der Waals surface area contributed by atoms with Gasteiger partial charge in [-0.2, -0.15) is 5.10 Å². The standard InChI is InChI=1S/C24H25ClN4OS/c1-5-30-23-13-6-16(15-26-23)20-14-21-19(25)11-12-22(29(21)27-20)28-31-18-9-7-17(8-10-18)24(2,3)4/h6-15,28H,5H2,1-4H3. The van der Waals surface area contributed by atoms with Gasteiger partial charge in [-0.05, 0) is 66.2 Å². The number of benzene rings is 1. The number of fused-ring (bicyclic) bond motifs is 1. The lowest BCUT2D eigenvalue weighted by molar-refractivity contribution is 0.327. The van der Waals surface area contributed by atoms with Crippen LogP contribution in [-0.2, 0) is 5.41 Å². The maximum Gasteiger partial charge on any atom is 0.213 e. The molecule has 7 heteroatoms. The van der Waals surface area contributed by atoms with Gasteiger partial charge in [-0.1, -0.05) is 44.5 Å². The van der Waals surface area contributed by atoms with Crippen molar-refractivity contribution in [3.05, 3.63) is 71.4 Å². The predicted molar refractivity (Wildman–Crippen MR) is 129 cm³/mol. The topological polar surface area (TPSA) is 51.5 Å². The fourth-order valence-corrected chi connectivity index (χ4v) is 4.01. The van der Waals surface area contributed by atoms with Gasteiger partial charge in [0, 0.05) is 22.7 Å². The lowest BCUT2D eigenvalue weighted by Gasteiger charge is -2.19. The summed E-state index contributed by atoms with van der Waals surface area (Å²) in [6.07, 6.45) is 1.76. The van der Waals surface area contributed by atoms with E-state index in [0.29, 0.717) is 17.5 Å². The van der Waals surface area contributed by atoms with E-state index >= 15 is 0 Å². The molecule has 0 aliphatic carbocycles. The third-order valence-corrected chi connectivity index (χ3v) is 6.03. The van der Waals surface area contributed by atoms with Crippen LogP contribution in [0.25, 0.3) is 16.8 Å². The van der Waals surface area contributed by atoms with Crippen LogP contribution in [0.5, 0.6) is 5.88 Å². The summed E-state index contributed by atoms with van der Waals surface area (Å²) >= 11 is 7.99. The molecule has 0 atom stereocenters. The Morgan fingerprint density at radius 3 is 2.48 bits per heavy atom. The largest absolute Gasteiger partial charge is 0.478 e. The van der Waals surface area contributed by atoms with E-state index in [4.69, 9.17) is 21.4 Å². The molecule has 3 heterocycles. The van der Waals surface area contributed by atoms with Crippen molar-refractivity contribution in [1.82, 2.24) is 14.6 Å². The minimum absolute atomic E-state index is 0.139.